The van der Waals surface area contributed by atoms with Crippen molar-refractivity contribution in [1.29, 1.82) is 0 Å². The average molecular weight is 191 g/mol. The van der Waals surface area contributed by atoms with Gasteiger partial charge in [0.05, 0.1) is 15.8 Å². The molecule has 1 aromatic carbocycles. The Morgan fingerprint density at radius 1 is 1.57 bits per heavy atom. The highest BCUT2D eigenvalue weighted by atomic mass is 16.6. The zero-order valence-electron chi connectivity index (χ0n) is 7.31. The Morgan fingerprint density at radius 3 is 2.93 bits per heavy atom. The number of nitro benzene ring substituents is 1. The van der Waals surface area contributed by atoms with Crippen molar-refractivity contribution in [3.05, 3.63) is 22.2 Å². The van der Waals surface area contributed by atoms with E-state index in [9.17, 15) is 15.2 Å². The van der Waals surface area contributed by atoms with Crippen molar-refractivity contribution < 1.29 is 10.0 Å². The molecule has 6 nitrogen and oxygen atoms in total. The number of nitro groups is 1. The molecule has 0 radical (unpaired) electrons. The molecule has 0 saturated carbocycles. The van der Waals surface area contributed by atoms with E-state index in [-0.39, 0.29) is 11.6 Å². The summed E-state index contributed by atoms with van der Waals surface area (Å²) < 4.78 is 0. The maximum Gasteiger partial charge on any atom is 0.264 e. The number of fused-ring (bicyclic) bond motifs is 1. The number of rotatable bonds is 1. The van der Waals surface area contributed by atoms with Gasteiger partial charge >= 0.3 is 0 Å². The molecule has 0 saturated heterocycles. The third-order valence-electron chi connectivity index (χ3n) is 2.06. The molecule has 0 atom stereocenters. The molecular formula is C7H6BN3O3. The summed E-state index contributed by atoms with van der Waals surface area (Å²) in [7, 11) is 1.63. The smallest absolute Gasteiger partial charge is 0.264 e. The second-order valence-electron chi connectivity index (χ2n) is 2.99. The van der Waals surface area contributed by atoms with Crippen LogP contribution in [0, 0.1) is 10.1 Å². The fourth-order valence-corrected chi connectivity index (χ4v) is 1.34. The zero-order chi connectivity index (χ0) is 10.3. The third-order valence-corrected chi connectivity index (χ3v) is 2.06. The van der Waals surface area contributed by atoms with Gasteiger partial charge in [-0.1, -0.05) is 0 Å². The Labute approximate surface area is 79.1 Å². The predicted octanol–water partition coefficient (Wildman–Crippen LogP) is -0.565. The average Bonchev–Trinajstić information content (AvgIpc) is 2.46. The van der Waals surface area contributed by atoms with Crippen molar-refractivity contribution in [1.82, 2.24) is 10.2 Å². The Kier molecular flexibility index (Phi) is 1.66. The molecule has 2 N–H and O–H groups in total. The van der Waals surface area contributed by atoms with Crippen LogP contribution < -0.4 is 5.46 Å². The molecule has 0 unspecified atom stereocenters. The second kappa shape index (κ2) is 2.73. The number of nitrogens with one attached hydrogen (secondary N) is 1. The molecule has 0 aliphatic heterocycles. The van der Waals surface area contributed by atoms with Gasteiger partial charge in [0.15, 0.2) is 0 Å². The summed E-state index contributed by atoms with van der Waals surface area (Å²) in [4.78, 5) is 10.1. The minimum absolute atomic E-state index is 0.0193. The molecule has 0 aliphatic rings. The number of aromatic hydroxyl groups is 1. The van der Waals surface area contributed by atoms with Crippen LogP contribution in [0.15, 0.2) is 12.1 Å². The second-order valence-corrected chi connectivity index (χ2v) is 2.99. The van der Waals surface area contributed by atoms with Crippen LogP contribution in [0.25, 0.3) is 10.9 Å². The number of aromatic amines is 1. The topological polar surface area (TPSA) is 92.0 Å². The Bertz CT molecular complexity index is 522. The summed E-state index contributed by atoms with van der Waals surface area (Å²) in [6.45, 7) is 0. The molecule has 1 aromatic heterocycles. The van der Waals surface area contributed by atoms with Crippen molar-refractivity contribution >= 4 is 29.9 Å². The van der Waals surface area contributed by atoms with E-state index in [1.807, 2.05) is 0 Å². The first-order valence-corrected chi connectivity index (χ1v) is 3.91. The summed E-state index contributed by atoms with van der Waals surface area (Å²) >= 11 is 0. The van der Waals surface area contributed by atoms with Crippen molar-refractivity contribution in [3.8, 4) is 5.88 Å². The highest BCUT2D eigenvalue weighted by Crippen LogP contribution is 2.23. The van der Waals surface area contributed by atoms with Crippen LogP contribution >= 0.6 is 0 Å². The molecule has 1 heterocycles. The maximum absolute atomic E-state index is 10.6. The molecule has 0 fully saturated rings. The van der Waals surface area contributed by atoms with Crippen LogP contribution in [-0.4, -0.2) is 28.1 Å². The first kappa shape index (κ1) is 8.55. The van der Waals surface area contributed by atoms with Crippen LogP contribution in [-0.2, 0) is 0 Å². The molecule has 0 aliphatic carbocycles. The van der Waals surface area contributed by atoms with Gasteiger partial charge in [0.1, 0.15) is 7.85 Å². The molecule has 0 bridgehead atoms. The van der Waals surface area contributed by atoms with E-state index in [1.54, 1.807) is 13.9 Å². The van der Waals surface area contributed by atoms with Crippen LogP contribution in [0.3, 0.4) is 0 Å². The Hall–Kier alpha value is -2.05. The number of hydrogen-bond acceptors (Lipinski definition) is 4. The van der Waals surface area contributed by atoms with Gasteiger partial charge in [0, 0.05) is 6.07 Å². The lowest BCUT2D eigenvalue weighted by atomic mass is 9.93. The highest BCUT2D eigenvalue weighted by Gasteiger charge is 2.14. The summed E-state index contributed by atoms with van der Waals surface area (Å²) in [5.41, 5.74) is 1.10. The van der Waals surface area contributed by atoms with E-state index < -0.39 is 4.92 Å². The molecule has 2 rings (SSSR count). The van der Waals surface area contributed by atoms with Crippen LogP contribution in [0.2, 0.25) is 0 Å². The largest absolute Gasteiger partial charge is 0.492 e. The summed E-state index contributed by atoms with van der Waals surface area (Å²) in [6.07, 6.45) is 0. The minimum Gasteiger partial charge on any atom is -0.492 e. The summed E-state index contributed by atoms with van der Waals surface area (Å²) in [5, 5.41) is 26.3. The molecule has 14 heavy (non-hydrogen) atoms. The number of H-pyrrole nitrogens is 1. The van der Waals surface area contributed by atoms with E-state index in [1.165, 1.54) is 6.07 Å². The van der Waals surface area contributed by atoms with Crippen molar-refractivity contribution in [2.75, 3.05) is 0 Å². The lowest BCUT2D eigenvalue weighted by Crippen LogP contribution is -2.08. The predicted molar refractivity (Wildman–Crippen MR) is 52.6 cm³/mol. The van der Waals surface area contributed by atoms with Gasteiger partial charge in [-0.2, -0.15) is 0 Å². The molecule has 0 spiro atoms. The van der Waals surface area contributed by atoms with E-state index in [2.05, 4.69) is 10.2 Å². The number of aromatic nitrogens is 2. The quantitative estimate of drug-likeness (QED) is 0.358. The first-order chi connectivity index (χ1) is 6.59. The summed E-state index contributed by atoms with van der Waals surface area (Å²) in [6, 6.07) is 2.89. The highest BCUT2D eigenvalue weighted by molar-refractivity contribution is 6.36. The molecule has 2 aromatic rings. The van der Waals surface area contributed by atoms with Crippen LogP contribution in [0.1, 0.15) is 0 Å². The molecule has 70 valence electrons. The fourth-order valence-electron chi connectivity index (χ4n) is 1.34. The normalized spacial score (nSPS) is 10.6. The SMILES string of the molecule is Bc1cc2[nH]nc(O)c2cc1[N+](=O)[O-]. The monoisotopic (exact) mass is 191 g/mol. The molecule has 7 heteroatoms. The molecular weight excluding hydrogens is 185 g/mol. The third kappa shape index (κ3) is 1.10. The van der Waals surface area contributed by atoms with Gasteiger partial charge in [-0.05, 0) is 11.5 Å². The van der Waals surface area contributed by atoms with Gasteiger partial charge in [-0.15, -0.1) is 5.10 Å². The number of hydrogen-bond donors (Lipinski definition) is 2. The Morgan fingerprint density at radius 2 is 2.29 bits per heavy atom. The Balaban J connectivity index is 2.80. The zero-order valence-corrected chi connectivity index (χ0v) is 7.31. The van der Waals surface area contributed by atoms with E-state index in [4.69, 9.17) is 0 Å². The summed E-state index contributed by atoms with van der Waals surface area (Å²) in [5.74, 6) is -0.219. The molecule has 0 amide bonds. The van der Waals surface area contributed by atoms with Gasteiger partial charge < -0.3 is 5.11 Å². The van der Waals surface area contributed by atoms with E-state index >= 15 is 0 Å². The number of benzene rings is 1. The van der Waals surface area contributed by atoms with Gasteiger partial charge in [-0.25, -0.2) is 0 Å². The van der Waals surface area contributed by atoms with Crippen LogP contribution in [0.4, 0.5) is 5.69 Å². The minimum atomic E-state index is -0.485. The van der Waals surface area contributed by atoms with E-state index in [0.717, 1.165) is 0 Å². The first-order valence-electron chi connectivity index (χ1n) is 3.91. The van der Waals surface area contributed by atoms with Gasteiger partial charge in [0.25, 0.3) is 5.69 Å². The maximum atomic E-state index is 10.6. The van der Waals surface area contributed by atoms with E-state index in [0.29, 0.717) is 16.4 Å². The van der Waals surface area contributed by atoms with Crippen LogP contribution in [0.5, 0.6) is 5.88 Å². The van der Waals surface area contributed by atoms with Gasteiger partial charge in [0.2, 0.25) is 5.88 Å². The lowest BCUT2D eigenvalue weighted by molar-refractivity contribution is -0.383. The van der Waals surface area contributed by atoms with Gasteiger partial charge in [-0.3, -0.25) is 15.2 Å². The van der Waals surface area contributed by atoms with Crippen molar-refractivity contribution in [2.24, 2.45) is 0 Å². The van der Waals surface area contributed by atoms with Crippen molar-refractivity contribution in [3.63, 3.8) is 0 Å². The number of nitrogens with zero attached hydrogens (tertiary/aromatic N) is 2. The fraction of sp³-hybridized carbons (Fsp3) is 0. The van der Waals surface area contributed by atoms with Crippen molar-refractivity contribution in [2.45, 2.75) is 0 Å². The standard InChI is InChI=1S/C7H6BN3O3/c8-4-2-5-3(7(12)10-9-5)1-6(4)11(13)14/h1-2H,8H2,(H2,9,10,12). The lowest BCUT2D eigenvalue weighted by Gasteiger charge is -1.96.